The first-order valence-corrected chi connectivity index (χ1v) is 13.0. The maximum absolute atomic E-state index is 13.7. The van der Waals surface area contributed by atoms with Gasteiger partial charge in [0.1, 0.15) is 12.2 Å². The molecule has 0 aliphatic heterocycles. The number of nitrogens with zero attached hydrogens (tertiary/aromatic N) is 5. The number of ether oxygens (including phenoxy) is 1. The number of fused-ring (bicyclic) bond motifs is 1. The summed E-state index contributed by atoms with van der Waals surface area (Å²) in [6, 6.07) is 3.26. The quantitative estimate of drug-likeness (QED) is 0.231. The number of aromatic nitrogens is 5. The summed E-state index contributed by atoms with van der Waals surface area (Å²) in [6.07, 6.45) is -1.04. The molecule has 4 N–H and O–H groups in total. The molecule has 194 valence electrons. The Hall–Kier alpha value is -2.45. The van der Waals surface area contributed by atoms with Crippen molar-refractivity contribution in [1.29, 1.82) is 0 Å². The van der Waals surface area contributed by atoms with Gasteiger partial charge in [-0.25, -0.2) is 23.4 Å². The van der Waals surface area contributed by atoms with Gasteiger partial charge in [0.2, 0.25) is 0 Å². The molecule has 13 heteroatoms. The van der Waals surface area contributed by atoms with Crippen LogP contribution >= 0.6 is 11.8 Å². The van der Waals surface area contributed by atoms with Crippen molar-refractivity contribution in [3.8, 4) is 0 Å². The Morgan fingerprint density at radius 3 is 2.75 bits per heavy atom. The van der Waals surface area contributed by atoms with Crippen LogP contribution in [0.2, 0.25) is 0 Å². The molecule has 0 bridgehead atoms. The minimum atomic E-state index is -1.15. The minimum Gasteiger partial charge on any atom is -0.394 e. The second kappa shape index (κ2) is 10.5. The van der Waals surface area contributed by atoms with E-state index in [2.05, 4.69) is 32.5 Å². The maximum Gasteiger partial charge on any atom is 0.191 e. The van der Waals surface area contributed by atoms with Gasteiger partial charge in [0.25, 0.3) is 0 Å². The van der Waals surface area contributed by atoms with E-state index in [4.69, 9.17) is 9.84 Å². The molecule has 0 spiro atoms. The zero-order valence-corrected chi connectivity index (χ0v) is 20.4. The lowest BCUT2D eigenvalue weighted by Crippen LogP contribution is -2.33. The molecule has 2 fully saturated rings. The first-order chi connectivity index (χ1) is 17.4. The van der Waals surface area contributed by atoms with Crippen LogP contribution in [0, 0.1) is 11.6 Å². The van der Waals surface area contributed by atoms with E-state index >= 15 is 0 Å². The lowest BCUT2D eigenvalue weighted by molar-refractivity contribution is -0.0629. The van der Waals surface area contributed by atoms with Crippen LogP contribution in [0.1, 0.15) is 43.7 Å². The fourth-order valence-corrected chi connectivity index (χ4v) is 5.31. The standard InChI is InChI=1S/C23H28F2N6O4S/c1-2-7-36-23-27-21(26-15-9-12(15)11-3-4-13(24)14(25)8-11)18-22(28-23)31(30-29-18)16-10-17(35-6-5-32)20(34)19(16)33/h3-4,8,12,15-17,19-20,32-34H,2,5-7,9-10H2,1H3,(H,26,27,28)/t12-,15+,16?,17-,19-,20+/m0/s1. The van der Waals surface area contributed by atoms with E-state index in [9.17, 15) is 19.0 Å². The Labute approximate surface area is 210 Å². The fourth-order valence-electron chi connectivity index (χ4n) is 4.61. The molecule has 0 amide bonds. The molecule has 2 heterocycles. The van der Waals surface area contributed by atoms with Gasteiger partial charge in [-0.15, -0.1) is 5.10 Å². The van der Waals surface area contributed by atoms with Crippen molar-refractivity contribution in [2.75, 3.05) is 24.3 Å². The number of benzene rings is 1. The molecular formula is C23H28F2N6O4S. The van der Waals surface area contributed by atoms with Crippen LogP contribution < -0.4 is 5.32 Å². The smallest absolute Gasteiger partial charge is 0.191 e. The summed E-state index contributed by atoms with van der Waals surface area (Å²) in [5.41, 5.74) is 1.53. The van der Waals surface area contributed by atoms with Crippen LogP contribution in [-0.2, 0) is 4.74 Å². The summed E-state index contributed by atoms with van der Waals surface area (Å²) in [7, 11) is 0. The molecule has 3 aromatic rings. The summed E-state index contributed by atoms with van der Waals surface area (Å²) in [4.78, 5) is 9.27. The first kappa shape index (κ1) is 25.2. The topological polar surface area (TPSA) is 138 Å². The van der Waals surface area contributed by atoms with Gasteiger partial charge in [-0.3, -0.25) is 0 Å². The number of hydrogen-bond donors (Lipinski definition) is 4. The van der Waals surface area contributed by atoms with Gasteiger partial charge in [-0.05, 0) is 30.5 Å². The van der Waals surface area contributed by atoms with Gasteiger partial charge in [0.05, 0.1) is 25.4 Å². The van der Waals surface area contributed by atoms with E-state index in [1.165, 1.54) is 22.5 Å². The number of aliphatic hydroxyl groups excluding tert-OH is 3. The van der Waals surface area contributed by atoms with E-state index in [1.54, 1.807) is 6.07 Å². The lowest BCUT2D eigenvalue weighted by atomic mass is 10.1. The number of anilines is 1. The van der Waals surface area contributed by atoms with E-state index in [0.717, 1.165) is 24.7 Å². The summed E-state index contributed by atoms with van der Waals surface area (Å²) < 4.78 is 34.0. The molecule has 0 saturated heterocycles. The van der Waals surface area contributed by atoms with Crippen molar-refractivity contribution in [2.45, 2.75) is 67.7 Å². The Bertz CT molecular complexity index is 1230. The SMILES string of the molecule is CCCSc1nc(N[C@@H]2C[C@H]2c2ccc(F)c(F)c2)c2nnn(C3C[C@H](OCCO)[C@@H](O)[C@H]3O)c2n1. The second-order valence-corrected chi connectivity index (χ2v) is 10.2. The largest absolute Gasteiger partial charge is 0.394 e. The lowest BCUT2D eigenvalue weighted by Gasteiger charge is -2.17. The van der Waals surface area contributed by atoms with Crippen LogP contribution in [0.15, 0.2) is 23.4 Å². The molecule has 1 unspecified atom stereocenters. The molecule has 1 aromatic carbocycles. The average molecular weight is 523 g/mol. The Balaban J connectivity index is 1.43. The highest BCUT2D eigenvalue weighted by molar-refractivity contribution is 7.99. The Morgan fingerprint density at radius 2 is 2.00 bits per heavy atom. The highest BCUT2D eigenvalue weighted by Gasteiger charge is 2.45. The summed E-state index contributed by atoms with van der Waals surface area (Å²) in [5.74, 6) is -0.472. The van der Waals surface area contributed by atoms with Gasteiger partial charge < -0.3 is 25.4 Å². The minimum absolute atomic E-state index is 0.00291. The number of nitrogens with one attached hydrogen (secondary N) is 1. The summed E-state index contributed by atoms with van der Waals surface area (Å²) >= 11 is 1.48. The van der Waals surface area contributed by atoms with Crippen molar-refractivity contribution in [1.82, 2.24) is 25.0 Å². The van der Waals surface area contributed by atoms with E-state index < -0.39 is 36.0 Å². The molecular weight excluding hydrogens is 494 g/mol. The van der Waals surface area contributed by atoms with Crippen molar-refractivity contribution in [2.24, 2.45) is 0 Å². The second-order valence-electron chi connectivity index (χ2n) is 9.09. The van der Waals surface area contributed by atoms with E-state index in [0.29, 0.717) is 27.7 Å². The van der Waals surface area contributed by atoms with Crippen molar-refractivity contribution >= 4 is 28.7 Å². The molecule has 6 atom stereocenters. The van der Waals surface area contributed by atoms with E-state index in [-0.39, 0.29) is 31.6 Å². The number of thioether (sulfide) groups is 1. The highest BCUT2D eigenvalue weighted by atomic mass is 32.2. The highest BCUT2D eigenvalue weighted by Crippen LogP contribution is 2.44. The Morgan fingerprint density at radius 1 is 1.17 bits per heavy atom. The molecule has 0 radical (unpaired) electrons. The molecule has 10 nitrogen and oxygen atoms in total. The molecule has 2 aliphatic rings. The average Bonchev–Trinajstić information content (AvgIpc) is 3.41. The third kappa shape index (κ3) is 4.90. The van der Waals surface area contributed by atoms with Crippen LogP contribution in [0.3, 0.4) is 0 Å². The molecule has 2 aliphatic carbocycles. The number of hydrogen-bond acceptors (Lipinski definition) is 10. The fraction of sp³-hybridized carbons (Fsp3) is 0.565. The van der Waals surface area contributed by atoms with Gasteiger partial charge >= 0.3 is 0 Å². The number of aliphatic hydroxyl groups is 3. The van der Waals surface area contributed by atoms with Crippen molar-refractivity contribution in [3.63, 3.8) is 0 Å². The summed E-state index contributed by atoms with van der Waals surface area (Å²) in [6.45, 7) is 1.91. The van der Waals surface area contributed by atoms with Crippen LogP contribution in [0.4, 0.5) is 14.6 Å². The zero-order valence-electron chi connectivity index (χ0n) is 19.6. The third-order valence-electron chi connectivity index (χ3n) is 6.56. The van der Waals surface area contributed by atoms with Crippen LogP contribution in [0.5, 0.6) is 0 Å². The van der Waals surface area contributed by atoms with E-state index in [1.807, 2.05) is 0 Å². The summed E-state index contributed by atoms with van der Waals surface area (Å²) in [5, 5.41) is 42.5. The van der Waals surface area contributed by atoms with Gasteiger partial charge in [0.15, 0.2) is 33.8 Å². The van der Waals surface area contributed by atoms with Crippen molar-refractivity contribution < 1.29 is 28.8 Å². The predicted molar refractivity (Wildman–Crippen MR) is 128 cm³/mol. The van der Waals surface area contributed by atoms with Crippen molar-refractivity contribution in [3.05, 3.63) is 35.4 Å². The molecule has 2 aromatic heterocycles. The van der Waals surface area contributed by atoms with Gasteiger partial charge in [0, 0.05) is 24.1 Å². The Kier molecular flexibility index (Phi) is 7.35. The normalized spacial score (nSPS) is 27.6. The van der Waals surface area contributed by atoms with Crippen LogP contribution in [0.25, 0.3) is 11.2 Å². The first-order valence-electron chi connectivity index (χ1n) is 12.0. The van der Waals surface area contributed by atoms with Gasteiger partial charge in [-0.2, -0.15) is 0 Å². The monoisotopic (exact) mass is 522 g/mol. The van der Waals surface area contributed by atoms with Gasteiger partial charge in [-0.1, -0.05) is 30.0 Å². The van der Waals surface area contributed by atoms with Crippen LogP contribution in [-0.4, -0.2) is 83.6 Å². The molecule has 2 saturated carbocycles. The number of halogens is 2. The maximum atomic E-state index is 13.7. The molecule has 5 rings (SSSR count). The number of rotatable bonds is 10. The third-order valence-corrected chi connectivity index (χ3v) is 7.61. The zero-order chi connectivity index (χ0) is 25.4. The predicted octanol–water partition coefficient (Wildman–Crippen LogP) is 2.01. The molecule has 36 heavy (non-hydrogen) atoms.